The molecule has 2 unspecified atom stereocenters. The maximum Gasteiger partial charge on any atom is 0.231 e. The first-order valence-electron chi connectivity index (χ1n) is 10.9. The molecule has 1 aromatic carbocycles. The Kier molecular flexibility index (Phi) is 5.12. The molecule has 2 aromatic rings. The van der Waals surface area contributed by atoms with Crippen LogP contribution in [0.2, 0.25) is 0 Å². The van der Waals surface area contributed by atoms with E-state index in [0.29, 0.717) is 48.0 Å². The first kappa shape index (κ1) is 21.1. The fraction of sp³-hybridized carbons (Fsp3) is 0.417. The molecule has 3 aliphatic rings. The van der Waals surface area contributed by atoms with Crippen molar-refractivity contribution in [2.24, 2.45) is 5.92 Å². The Balaban J connectivity index is 1.55. The number of allylic oxidation sites excluding steroid dienone is 3. The topological polar surface area (TPSA) is 112 Å². The molecular weight excluding hydrogens is 422 g/mol. The van der Waals surface area contributed by atoms with Gasteiger partial charge in [-0.3, -0.25) is 9.94 Å². The molecule has 0 amide bonds. The van der Waals surface area contributed by atoms with Crippen LogP contribution in [0.15, 0.2) is 41.4 Å². The van der Waals surface area contributed by atoms with Gasteiger partial charge in [0.25, 0.3) is 0 Å². The summed E-state index contributed by atoms with van der Waals surface area (Å²) in [7, 11) is 0. The van der Waals surface area contributed by atoms with Gasteiger partial charge in [-0.25, -0.2) is 9.86 Å². The number of benzene rings is 1. The Hall–Kier alpha value is -3.73. The van der Waals surface area contributed by atoms with Gasteiger partial charge in [0.15, 0.2) is 17.3 Å². The number of H-pyrrole nitrogens is 1. The zero-order valence-electron chi connectivity index (χ0n) is 18.8. The molecule has 2 atom stereocenters. The van der Waals surface area contributed by atoms with E-state index < -0.39 is 5.60 Å². The lowest BCUT2D eigenvalue weighted by molar-refractivity contribution is -0.214. The van der Waals surface area contributed by atoms with Crippen LogP contribution in [0.4, 0.5) is 5.82 Å². The van der Waals surface area contributed by atoms with Crippen molar-refractivity contribution in [3.8, 4) is 17.6 Å². The minimum Gasteiger partial charge on any atom is -0.454 e. The Morgan fingerprint density at radius 3 is 2.88 bits per heavy atom. The van der Waals surface area contributed by atoms with Gasteiger partial charge in [0.2, 0.25) is 6.79 Å². The second-order valence-corrected chi connectivity index (χ2v) is 9.31. The number of nitrogens with one attached hydrogen (secondary N) is 2. The summed E-state index contributed by atoms with van der Waals surface area (Å²) in [6.45, 7) is 6.48. The molecule has 0 bridgehead atoms. The SMILES string of the molecule is CC(C)(C)ON1CCC(C2=C(C#N)C(c3cccc4c3OCO4)c3c[nH]nc3N2)CC1=C=O. The summed E-state index contributed by atoms with van der Waals surface area (Å²) in [5, 5.41) is 22.6. The van der Waals surface area contributed by atoms with Crippen LogP contribution in [0, 0.1) is 17.2 Å². The summed E-state index contributed by atoms with van der Waals surface area (Å²) in [5.41, 5.74) is 3.06. The highest BCUT2D eigenvalue weighted by Crippen LogP contribution is 2.49. The lowest BCUT2D eigenvalue weighted by Gasteiger charge is -2.39. The third-order valence-electron chi connectivity index (χ3n) is 6.00. The predicted octanol–water partition coefficient (Wildman–Crippen LogP) is 3.63. The van der Waals surface area contributed by atoms with Gasteiger partial charge < -0.3 is 14.8 Å². The molecule has 9 nitrogen and oxygen atoms in total. The van der Waals surface area contributed by atoms with E-state index in [-0.39, 0.29) is 18.6 Å². The number of anilines is 1. The molecule has 170 valence electrons. The number of hydrogen-bond acceptors (Lipinski definition) is 8. The minimum absolute atomic E-state index is 0.0859. The van der Waals surface area contributed by atoms with E-state index in [1.807, 2.05) is 44.9 Å². The van der Waals surface area contributed by atoms with Crippen LogP contribution in [0.1, 0.15) is 50.7 Å². The number of nitrogens with zero attached hydrogens (tertiary/aromatic N) is 3. The average Bonchev–Trinajstić information content (AvgIpc) is 3.46. The van der Waals surface area contributed by atoms with E-state index >= 15 is 0 Å². The molecule has 5 rings (SSSR count). The Labute approximate surface area is 191 Å². The second-order valence-electron chi connectivity index (χ2n) is 9.31. The van der Waals surface area contributed by atoms with Crippen LogP contribution >= 0.6 is 0 Å². The van der Waals surface area contributed by atoms with Gasteiger partial charge in [0, 0.05) is 41.9 Å². The molecule has 4 heterocycles. The molecule has 0 saturated carbocycles. The van der Waals surface area contributed by atoms with Crippen molar-refractivity contribution >= 4 is 11.8 Å². The molecule has 1 fully saturated rings. The number of hydroxylamine groups is 2. The minimum atomic E-state index is -0.431. The number of carbonyl (C=O) groups excluding carboxylic acids is 1. The number of para-hydroxylation sites is 1. The van der Waals surface area contributed by atoms with Crippen LogP contribution in [0.3, 0.4) is 0 Å². The monoisotopic (exact) mass is 447 g/mol. The molecule has 0 spiro atoms. The van der Waals surface area contributed by atoms with Gasteiger partial charge in [-0.05, 0) is 33.3 Å². The van der Waals surface area contributed by atoms with Crippen molar-refractivity contribution < 1.29 is 19.1 Å². The molecule has 2 N–H and O–H groups in total. The summed E-state index contributed by atoms with van der Waals surface area (Å²) in [6, 6.07) is 8.13. The lowest BCUT2D eigenvalue weighted by atomic mass is 9.78. The molecular formula is C24H25N5O4. The van der Waals surface area contributed by atoms with Gasteiger partial charge in [-0.15, -0.1) is 0 Å². The van der Waals surface area contributed by atoms with Crippen molar-refractivity contribution in [3.05, 3.63) is 52.5 Å². The van der Waals surface area contributed by atoms with E-state index in [1.54, 1.807) is 11.3 Å². The standard InChI is InChI=1S/C24H25N5O4/c1-24(2,3)33-29-8-7-14(9-15(29)12-30)21-17(10-25)20(18-11-26-28-23(18)27-21)16-5-4-6-19-22(16)32-13-31-19/h4-6,11,14,20H,7-9,13H2,1-3H3,(H2,26,27,28). The van der Waals surface area contributed by atoms with Crippen LogP contribution in [0.5, 0.6) is 11.5 Å². The van der Waals surface area contributed by atoms with Crippen molar-refractivity contribution in [2.75, 3.05) is 18.7 Å². The lowest BCUT2D eigenvalue weighted by Crippen LogP contribution is -2.40. The highest BCUT2D eigenvalue weighted by molar-refractivity contribution is 5.68. The van der Waals surface area contributed by atoms with Crippen LogP contribution in [-0.4, -0.2) is 40.1 Å². The first-order chi connectivity index (χ1) is 15.9. The van der Waals surface area contributed by atoms with Gasteiger partial charge in [0.05, 0.1) is 23.2 Å². The van der Waals surface area contributed by atoms with Gasteiger partial charge >= 0.3 is 0 Å². The highest BCUT2D eigenvalue weighted by atomic mass is 16.7. The predicted molar refractivity (Wildman–Crippen MR) is 119 cm³/mol. The molecule has 3 aliphatic heterocycles. The van der Waals surface area contributed by atoms with E-state index in [2.05, 4.69) is 21.6 Å². The highest BCUT2D eigenvalue weighted by Gasteiger charge is 2.39. The number of hydrogen-bond donors (Lipinski definition) is 2. The number of aromatic nitrogens is 2. The molecule has 33 heavy (non-hydrogen) atoms. The molecule has 1 aromatic heterocycles. The number of rotatable bonds is 3. The summed E-state index contributed by atoms with van der Waals surface area (Å²) in [4.78, 5) is 17.7. The molecule has 9 heteroatoms. The maximum atomic E-state index is 11.8. The summed E-state index contributed by atoms with van der Waals surface area (Å²) < 4.78 is 11.3. The van der Waals surface area contributed by atoms with Crippen LogP contribution < -0.4 is 14.8 Å². The Bertz CT molecular complexity index is 1210. The molecule has 0 radical (unpaired) electrons. The van der Waals surface area contributed by atoms with Crippen molar-refractivity contribution in [2.45, 2.75) is 45.1 Å². The second kappa shape index (κ2) is 8.00. The van der Waals surface area contributed by atoms with Crippen LogP contribution in [0.25, 0.3) is 0 Å². The largest absolute Gasteiger partial charge is 0.454 e. The van der Waals surface area contributed by atoms with Crippen molar-refractivity contribution in [1.29, 1.82) is 5.26 Å². The van der Waals surface area contributed by atoms with Gasteiger partial charge in [0.1, 0.15) is 11.6 Å². The maximum absolute atomic E-state index is 11.8. The number of piperidine rings is 1. The Morgan fingerprint density at radius 1 is 1.27 bits per heavy atom. The van der Waals surface area contributed by atoms with E-state index in [0.717, 1.165) is 16.8 Å². The average molecular weight is 447 g/mol. The van der Waals surface area contributed by atoms with E-state index in [9.17, 15) is 10.1 Å². The molecule has 1 saturated heterocycles. The van der Waals surface area contributed by atoms with Crippen LogP contribution in [-0.2, 0) is 9.63 Å². The summed E-state index contributed by atoms with van der Waals surface area (Å²) in [6.07, 6.45) is 2.91. The van der Waals surface area contributed by atoms with Crippen molar-refractivity contribution in [3.63, 3.8) is 0 Å². The summed E-state index contributed by atoms with van der Waals surface area (Å²) in [5.74, 6) is 3.56. The quantitative estimate of drug-likeness (QED) is 0.686. The third kappa shape index (κ3) is 3.74. The zero-order chi connectivity index (χ0) is 23.2. The van der Waals surface area contributed by atoms with E-state index in [1.165, 1.54) is 0 Å². The fourth-order valence-corrected chi connectivity index (χ4v) is 4.69. The number of aromatic amines is 1. The fourth-order valence-electron chi connectivity index (χ4n) is 4.69. The van der Waals surface area contributed by atoms with Gasteiger partial charge in [-0.1, -0.05) is 12.1 Å². The number of nitriles is 1. The van der Waals surface area contributed by atoms with Gasteiger partial charge in [-0.2, -0.15) is 10.4 Å². The normalized spacial score (nSPS) is 21.9. The Morgan fingerprint density at radius 2 is 2.12 bits per heavy atom. The first-order valence-corrected chi connectivity index (χ1v) is 10.9. The number of ether oxygens (including phenoxy) is 2. The van der Waals surface area contributed by atoms with Crippen molar-refractivity contribution in [1.82, 2.24) is 15.3 Å². The number of fused-ring (bicyclic) bond motifs is 2. The molecule has 0 aliphatic carbocycles. The zero-order valence-corrected chi connectivity index (χ0v) is 18.8. The van der Waals surface area contributed by atoms with E-state index in [4.69, 9.17) is 14.3 Å². The summed E-state index contributed by atoms with van der Waals surface area (Å²) >= 11 is 0. The third-order valence-corrected chi connectivity index (χ3v) is 6.00. The smallest absolute Gasteiger partial charge is 0.231 e.